The molecule has 0 spiro atoms. The zero-order chi connectivity index (χ0) is 23.9. The summed E-state index contributed by atoms with van der Waals surface area (Å²) in [5.41, 5.74) is 9.69. The number of piperazine rings is 1. The van der Waals surface area contributed by atoms with E-state index in [0.29, 0.717) is 0 Å². The second-order valence-corrected chi connectivity index (χ2v) is 9.81. The predicted octanol–water partition coefficient (Wildman–Crippen LogP) is 5.27. The molecule has 2 aliphatic rings. The highest BCUT2D eigenvalue weighted by Crippen LogP contribution is 2.35. The monoisotopic (exact) mass is 462 g/mol. The highest BCUT2D eigenvalue weighted by Gasteiger charge is 2.25. The van der Waals surface area contributed by atoms with E-state index < -0.39 is 0 Å². The van der Waals surface area contributed by atoms with Gasteiger partial charge in [0.15, 0.2) is 0 Å². The van der Waals surface area contributed by atoms with Crippen LogP contribution in [0, 0.1) is 0 Å². The van der Waals surface area contributed by atoms with Crippen molar-refractivity contribution in [3.8, 4) is 11.1 Å². The average Bonchev–Trinajstić information content (AvgIpc) is 3.50. The molecule has 0 bridgehead atoms. The summed E-state index contributed by atoms with van der Waals surface area (Å²) >= 11 is 0. The first-order valence-corrected chi connectivity index (χ1v) is 12.4. The van der Waals surface area contributed by atoms with Gasteiger partial charge in [0.2, 0.25) is 5.91 Å². The lowest BCUT2D eigenvalue weighted by molar-refractivity contribution is -0.133. The Morgan fingerprint density at radius 2 is 1.86 bits per heavy atom. The fourth-order valence-corrected chi connectivity index (χ4v) is 5.55. The van der Waals surface area contributed by atoms with Gasteiger partial charge in [0.1, 0.15) is 0 Å². The number of rotatable bonds is 4. The molecule has 1 aliphatic carbocycles. The minimum absolute atomic E-state index is 0.174. The van der Waals surface area contributed by atoms with Gasteiger partial charge < -0.3 is 9.88 Å². The molecule has 1 atom stereocenters. The quantitative estimate of drug-likeness (QED) is 0.450. The van der Waals surface area contributed by atoms with Crippen molar-refractivity contribution >= 4 is 22.4 Å². The van der Waals surface area contributed by atoms with E-state index in [0.717, 1.165) is 49.4 Å². The summed E-state index contributed by atoms with van der Waals surface area (Å²) in [6.07, 6.45) is 7.17. The highest BCUT2D eigenvalue weighted by molar-refractivity contribution is 5.90. The van der Waals surface area contributed by atoms with Gasteiger partial charge in [-0.1, -0.05) is 36.4 Å². The van der Waals surface area contributed by atoms with Gasteiger partial charge >= 0.3 is 0 Å². The van der Waals surface area contributed by atoms with E-state index in [1.165, 1.54) is 33.2 Å². The fraction of sp³-hybridized carbons (Fsp3) is 0.267. The third-order valence-electron chi connectivity index (χ3n) is 7.43. The first-order chi connectivity index (χ1) is 17.0. The number of nitrogens with one attached hydrogen (secondary N) is 1. The SMILES string of the molecule is CC(=O)N1CCN(Cc2ccc(-c3cnc4c(c3)C(c3ccc5[nH]ccc5c3)=CC4)cc2)CC1C. The Labute approximate surface area is 206 Å². The molecule has 35 heavy (non-hydrogen) atoms. The van der Waals surface area contributed by atoms with Crippen LogP contribution >= 0.6 is 0 Å². The molecule has 2 aromatic heterocycles. The van der Waals surface area contributed by atoms with Crippen molar-refractivity contribution in [3.63, 3.8) is 0 Å². The number of pyridine rings is 1. The summed E-state index contributed by atoms with van der Waals surface area (Å²) in [7, 11) is 0. The normalized spacial score (nSPS) is 18.1. The maximum Gasteiger partial charge on any atom is 0.219 e. The van der Waals surface area contributed by atoms with Crippen LogP contribution in [0.25, 0.3) is 27.6 Å². The zero-order valence-electron chi connectivity index (χ0n) is 20.3. The van der Waals surface area contributed by atoms with Crippen LogP contribution in [0.4, 0.5) is 0 Å². The Bertz CT molecular complexity index is 1430. The smallest absolute Gasteiger partial charge is 0.219 e. The van der Waals surface area contributed by atoms with Crippen LogP contribution in [0.15, 0.2) is 73.1 Å². The molecule has 0 radical (unpaired) electrons. The number of hydrogen-bond donors (Lipinski definition) is 1. The van der Waals surface area contributed by atoms with Crippen molar-refractivity contribution in [2.75, 3.05) is 19.6 Å². The molecular formula is C30H30N4O. The summed E-state index contributed by atoms with van der Waals surface area (Å²) < 4.78 is 0. The van der Waals surface area contributed by atoms with Crippen LogP contribution in [-0.2, 0) is 17.8 Å². The molecule has 1 saturated heterocycles. The first kappa shape index (κ1) is 21.8. The van der Waals surface area contributed by atoms with Gasteiger partial charge in [-0.15, -0.1) is 0 Å². The third-order valence-corrected chi connectivity index (χ3v) is 7.43. The standard InChI is InChI=1S/C30H30N4O/c1-20-18-33(13-14-34(20)21(2)35)19-22-3-5-23(6-4-22)26-16-28-27(8-10-30(28)32-17-26)24-7-9-29-25(15-24)11-12-31-29/h3-9,11-12,15-17,20,31H,10,13-14,18-19H2,1-2H3. The van der Waals surface area contributed by atoms with Gasteiger partial charge in [0, 0.05) is 74.6 Å². The number of fused-ring (bicyclic) bond motifs is 2. The van der Waals surface area contributed by atoms with Crippen LogP contribution in [0.5, 0.6) is 0 Å². The molecule has 1 N–H and O–H groups in total. The van der Waals surface area contributed by atoms with Crippen molar-refractivity contribution in [1.29, 1.82) is 0 Å². The molecule has 1 aliphatic heterocycles. The van der Waals surface area contributed by atoms with Crippen LogP contribution in [0.1, 0.15) is 36.2 Å². The molecule has 1 amide bonds. The lowest BCUT2D eigenvalue weighted by atomic mass is 9.97. The molecule has 6 rings (SSSR count). The number of H-pyrrole nitrogens is 1. The van der Waals surface area contributed by atoms with Crippen LogP contribution < -0.4 is 0 Å². The topological polar surface area (TPSA) is 52.2 Å². The number of benzene rings is 2. The number of hydrogen-bond acceptors (Lipinski definition) is 3. The van der Waals surface area contributed by atoms with Crippen LogP contribution in [0.2, 0.25) is 0 Å². The number of aromatic nitrogens is 2. The fourth-order valence-electron chi connectivity index (χ4n) is 5.55. The molecule has 1 fully saturated rings. The molecule has 2 aromatic carbocycles. The molecule has 3 heterocycles. The number of carbonyl (C=O) groups excluding carboxylic acids is 1. The Morgan fingerprint density at radius 3 is 2.66 bits per heavy atom. The maximum absolute atomic E-state index is 11.8. The van der Waals surface area contributed by atoms with E-state index in [-0.39, 0.29) is 11.9 Å². The number of carbonyl (C=O) groups is 1. The van der Waals surface area contributed by atoms with Crippen molar-refractivity contribution < 1.29 is 4.79 Å². The van der Waals surface area contributed by atoms with Crippen molar-refractivity contribution in [1.82, 2.24) is 19.8 Å². The highest BCUT2D eigenvalue weighted by atomic mass is 16.2. The molecule has 176 valence electrons. The second kappa shape index (κ2) is 8.82. The Hall–Kier alpha value is -3.70. The summed E-state index contributed by atoms with van der Waals surface area (Å²) in [4.78, 5) is 24.3. The van der Waals surface area contributed by atoms with Gasteiger partial charge in [-0.2, -0.15) is 0 Å². The number of aromatic amines is 1. The van der Waals surface area contributed by atoms with Crippen molar-refractivity contribution in [2.45, 2.75) is 32.9 Å². The van der Waals surface area contributed by atoms with E-state index >= 15 is 0 Å². The Kier molecular flexibility index (Phi) is 5.50. The minimum Gasteiger partial charge on any atom is -0.361 e. The number of allylic oxidation sites excluding steroid dienone is 1. The summed E-state index contributed by atoms with van der Waals surface area (Å²) in [6, 6.07) is 20.1. The third kappa shape index (κ3) is 4.17. The lowest BCUT2D eigenvalue weighted by Gasteiger charge is -2.39. The van der Waals surface area contributed by atoms with Gasteiger partial charge in [0.05, 0.1) is 5.69 Å². The van der Waals surface area contributed by atoms with Gasteiger partial charge in [-0.05, 0) is 58.8 Å². The minimum atomic E-state index is 0.174. The molecule has 5 heteroatoms. The van der Waals surface area contributed by atoms with E-state index in [1.54, 1.807) is 6.92 Å². The van der Waals surface area contributed by atoms with Crippen LogP contribution in [-0.4, -0.2) is 51.4 Å². The maximum atomic E-state index is 11.8. The Morgan fingerprint density at radius 1 is 1.03 bits per heavy atom. The van der Waals surface area contributed by atoms with Crippen molar-refractivity contribution in [3.05, 3.63) is 95.5 Å². The number of nitrogens with zero attached hydrogens (tertiary/aromatic N) is 3. The lowest BCUT2D eigenvalue weighted by Crippen LogP contribution is -2.52. The van der Waals surface area contributed by atoms with E-state index in [1.807, 2.05) is 17.3 Å². The molecule has 4 aromatic rings. The first-order valence-electron chi connectivity index (χ1n) is 12.4. The van der Waals surface area contributed by atoms with Gasteiger partial charge in [-0.3, -0.25) is 14.7 Å². The largest absolute Gasteiger partial charge is 0.361 e. The second-order valence-electron chi connectivity index (χ2n) is 9.81. The predicted molar refractivity (Wildman–Crippen MR) is 141 cm³/mol. The molecule has 5 nitrogen and oxygen atoms in total. The molecule has 0 saturated carbocycles. The summed E-state index contributed by atoms with van der Waals surface area (Å²) in [5.74, 6) is 0.174. The zero-order valence-corrected chi connectivity index (χ0v) is 20.3. The van der Waals surface area contributed by atoms with E-state index in [4.69, 9.17) is 4.98 Å². The van der Waals surface area contributed by atoms with Gasteiger partial charge in [-0.25, -0.2) is 0 Å². The Balaban J connectivity index is 1.19. The van der Waals surface area contributed by atoms with E-state index in [9.17, 15) is 4.79 Å². The average molecular weight is 463 g/mol. The number of amides is 1. The molecule has 1 unspecified atom stereocenters. The van der Waals surface area contributed by atoms with Gasteiger partial charge in [0.25, 0.3) is 0 Å². The summed E-state index contributed by atoms with van der Waals surface area (Å²) in [5, 5.41) is 1.23. The molecular weight excluding hydrogens is 432 g/mol. The van der Waals surface area contributed by atoms with Crippen molar-refractivity contribution in [2.24, 2.45) is 0 Å². The summed E-state index contributed by atoms with van der Waals surface area (Å²) in [6.45, 7) is 7.36. The van der Waals surface area contributed by atoms with E-state index in [2.05, 4.69) is 77.5 Å². The van der Waals surface area contributed by atoms with Crippen LogP contribution in [0.3, 0.4) is 0 Å².